The van der Waals surface area contributed by atoms with E-state index in [4.69, 9.17) is 9.84 Å². The molecule has 0 aromatic rings. The number of likely N-dealkylation sites (N-methyl/N-ethyl adjacent to an activating group) is 1. The number of quaternary nitrogens is 1. The Labute approximate surface area is 145 Å². The van der Waals surface area contributed by atoms with Crippen molar-refractivity contribution in [1.29, 1.82) is 0 Å². The molecule has 6 heteroatoms. The van der Waals surface area contributed by atoms with E-state index in [-0.39, 0.29) is 6.42 Å². The first kappa shape index (κ1) is 22.6. The van der Waals surface area contributed by atoms with Gasteiger partial charge >= 0.3 is 11.9 Å². The van der Waals surface area contributed by atoms with Crippen LogP contribution in [0.4, 0.5) is 0 Å². The molecule has 0 spiro atoms. The molecule has 0 saturated heterocycles. The number of ether oxygens (including phenoxy) is 1. The molecular formula is C18H34NO5+. The Bertz CT molecular complexity index is 401. The molecule has 2 N–H and O–H groups in total. The standard InChI is InChI=1S/C18H33NO5/c1-5-6-7-8-9-10-11-12-16(20)18(23)24-15(13-17(21)22)14-19(2,3)4/h7-8,15-16,20H,5-6,9-14H2,1-4H3/p+1/b8-7+. The number of rotatable bonds is 13. The number of aliphatic hydroxyl groups is 1. The number of aliphatic carboxylic acids is 1. The van der Waals surface area contributed by atoms with Crippen molar-refractivity contribution in [3.63, 3.8) is 0 Å². The van der Waals surface area contributed by atoms with Gasteiger partial charge in [-0.3, -0.25) is 4.79 Å². The lowest BCUT2D eigenvalue weighted by Gasteiger charge is -2.28. The average Bonchev–Trinajstić information content (AvgIpc) is 2.43. The fraction of sp³-hybridized carbons (Fsp3) is 0.778. The van der Waals surface area contributed by atoms with Gasteiger partial charge in [-0.15, -0.1) is 0 Å². The fourth-order valence-corrected chi connectivity index (χ4v) is 2.31. The van der Waals surface area contributed by atoms with E-state index in [0.717, 1.165) is 32.1 Å². The fourth-order valence-electron chi connectivity index (χ4n) is 2.31. The van der Waals surface area contributed by atoms with Crippen LogP contribution in [-0.4, -0.2) is 66.5 Å². The second-order valence-electron chi connectivity index (χ2n) is 7.19. The van der Waals surface area contributed by atoms with Crippen LogP contribution >= 0.6 is 0 Å². The number of carbonyl (C=O) groups excluding carboxylic acids is 1. The van der Waals surface area contributed by atoms with E-state index in [1.54, 1.807) is 0 Å². The van der Waals surface area contributed by atoms with Crippen LogP contribution < -0.4 is 0 Å². The first-order chi connectivity index (χ1) is 11.2. The molecule has 0 heterocycles. The second-order valence-corrected chi connectivity index (χ2v) is 7.19. The van der Waals surface area contributed by atoms with Gasteiger partial charge in [-0.2, -0.15) is 0 Å². The second kappa shape index (κ2) is 12.0. The van der Waals surface area contributed by atoms with Crippen LogP contribution in [0.15, 0.2) is 12.2 Å². The molecule has 0 fully saturated rings. The minimum absolute atomic E-state index is 0.254. The van der Waals surface area contributed by atoms with Crippen molar-refractivity contribution >= 4 is 11.9 Å². The highest BCUT2D eigenvalue weighted by molar-refractivity contribution is 5.75. The Kier molecular flexibility index (Phi) is 11.3. The molecule has 0 saturated carbocycles. The first-order valence-corrected chi connectivity index (χ1v) is 8.71. The van der Waals surface area contributed by atoms with Crippen LogP contribution in [0, 0.1) is 0 Å². The molecule has 2 atom stereocenters. The number of carboxylic acid groups (broad SMARTS) is 1. The molecule has 0 bridgehead atoms. The normalized spacial score (nSPS) is 14.5. The molecular weight excluding hydrogens is 310 g/mol. The van der Waals surface area contributed by atoms with Crippen LogP contribution in [-0.2, 0) is 14.3 Å². The summed E-state index contributed by atoms with van der Waals surface area (Å²) in [7, 11) is 5.68. The zero-order valence-electron chi connectivity index (χ0n) is 15.5. The number of hydrogen-bond donors (Lipinski definition) is 2. The molecule has 0 aromatic heterocycles. The molecule has 0 aliphatic rings. The summed E-state index contributed by atoms with van der Waals surface area (Å²) in [5, 5.41) is 18.8. The Morgan fingerprint density at radius 3 is 2.29 bits per heavy atom. The number of nitrogens with zero attached hydrogens (tertiary/aromatic N) is 1. The van der Waals surface area contributed by atoms with E-state index in [2.05, 4.69) is 19.1 Å². The first-order valence-electron chi connectivity index (χ1n) is 8.71. The molecule has 140 valence electrons. The molecule has 0 aliphatic heterocycles. The Hall–Kier alpha value is -1.40. The summed E-state index contributed by atoms with van der Waals surface area (Å²) in [6.07, 6.45) is 7.21. The third-order valence-electron chi connectivity index (χ3n) is 3.43. The van der Waals surface area contributed by atoms with Crippen LogP contribution in [0.3, 0.4) is 0 Å². The topological polar surface area (TPSA) is 83.8 Å². The summed E-state index contributed by atoms with van der Waals surface area (Å²) in [5.41, 5.74) is 0. The number of aliphatic hydroxyl groups excluding tert-OH is 1. The summed E-state index contributed by atoms with van der Waals surface area (Å²) in [6, 6.07) is 0. The van der Waals surface area contributed by atoms with Gasteiger partial charge in [0.25, 0.3) is 0 Å². The zero-order chi connectivity index (χ0) is 18.6. The maximum absolute atomic E-state index is 11.9. The van der Waals surface area contributed by atoms with Crippen LogP contribution in [0.25, 0.3) is 0 Å². The van der Waals surface area contributed by atoms with Crippen LogP contribution in [0.2, 0.25) is 0 Å². The summed E-state index contributed by atoms with van der Waals surface area (Å²) < 4.78 is 5.69. The number of carbonyl (C=O) groups is 2. The molecule has 0 rings (SSSR count). The van der Waals surface area contributed by atoms with Crippen molar-refractivity contribution in [3.8, 4) is 0 Å². The minimum Gasteiger partial charge on any atom is -0.481 e. The maximum atomic E-state index is 11.9. The summed E-state index contributed by atoms with van der Waals surface area (Å²) in [5.74, 6) is -1.74. The maximum Gasteiger partial charge on any atom is 0.335 e. The molecule has 0 radical (unpaired) electrons. The minimum atomic E-state index is -1.19. The number of carboxylic acids is 1. The highest BCUT2D eigenvalue weighted by Gasteiger charge is 2.27. The molecule has 0 aliphatic carbocycles. The van der Waals surface area contributed by atoms with Gasteiger partial charge in [0.05, 0.1) is 27.6 Å². The van der Waals surface area contributed by atoms with Crippen molar-refractivity contribution in [3.05, 3.63) is 12.2 Å². The van der Waals surface area contributed by atoms with E-state index in [9.17, 15) is 14.7 Å². The van der Waals surface area contributed by atoms with Crippen molar-refractivity contribution in [2.75, 3.05) is 27.7 Å². The monoisotopic (exact) mass is 344 g/mol. The third kappa shape index (κ3) is 13.1. The van der Waals surface area contributed by atoms with Crippen LogP contribution in [0.5, 0.6) is 0 Å². The van der Waals surface area contributed by atoms with E-state index in [1.807, 2.05) is 21.1 Å². The largest absolute Gasteiger partial charge is 0.481 e. The Morgan fingerprint density at radius 1 is 1.12 bits per heavy atom. The SMILES string of the molecule is CCC/C=C/CCCCC(O)C(=O)OC(CC(=O)O)C[N+](C)(C)C. The number of hydrogen-bond acceptors (Lipinski definition) is 4. The molecule has 6 nitrogen and oxygen atoms in total. The van der Waals surface area contributed by atoms with E-state index < -0.39 is 24.1 Å². The summed E-state index contributed by atoms with van der Waals surface area (Å²) in [6.45, 7) is 2.51. The molecule has 0 amide bonds. The van der Waals surface area contributed by atoms with Gasteiger partial charge < -0.3 is 19.4 Å². The van der Waals surface area contributed by atoms with Crippen molar-refractivity contribution in [1.82, 2.24) is 0 Å². The smallest absolute Gasteiger partial charge is 0.335 e. The highest BCUT2D eigenvalue weighted by atomic mass is 16.6. The predicted octanol–water partition coefficient (Wildman–Crippen LogP) is 2.36. The number of allylic oxidation sites excluding steroid dienone is 2. The van der Waals surface area contributed by atoms with Gasteiger partial charge in [-0.1, -0.05) is 25.5 Å². The summed E-state index contributed by atoms with van der Waals surface area (Å²) >= 11 is 0. The number of esters is 1. The number of unbranched alkanes of at least 4 members (excludes halogenated alkanes) is 3. The average molecular weight is 344 g/mol. The molecule has 0 aromatic carbocycles. The molecule has 2 unspecified atom stereocenters. The van der Waals surface area contributed by atoms with E-state index in [1.165, 1.54) is 0 Å². The van der Waals surface area contributed by atoms with Gasteiger partial charge in [0.1, 0.15) is 6.54 Å². The Morgan fingerprint density at radius 2 is 1.75 bits per heavy atom. The van der Waals surface area contributed by atoms with Crippen molar-refractivity contribution in [2.45, 2.75) is 64.1 Å². The van der Waals surface area contributed by atoms with Gasteiger partial charge in [0.15, 0.2) is 12.2 Å². The van der Waals surface area contributed by atoms with Gasteiger partial charge in [0.2, 0.25) is 0 Å². The van der Waals surface area contributed by atoms with Gasteiger partial charge in [-0.25, -0.2) is 4.79 Å². The quantitative estimate of drug-likeness (QED) is 0.232. The van der Waals surface area contributed by atoms with Crippen LogP contribution in [0.1, 0.15) is 51.9 Å². The highest BCUT2D eigenvalue weighted by Crippen LogP contribution is 2.10. The van der Waals surface area contributed by atoms with Crippen molar-refractivity contribution < 1.29 is 29.0 Å². The lowest BCUT2D eigenvalue weighted by Crippen LogP contribution is -2.44. The summed E-state index contributed by atoms with van der Waals surface area (Å²) in [4.78, 5) is 22.8. The zero-order valence-corrected chi connectivity index (χ0v) is 15.5. The Balaban J connectivity index is 4.21. The third-order valence-corrected chi connectivity index (χ3v) is 3.43. The lowest BCUT2D eigenvalue weighted by molar-refractivity contribution is -0.873. The molecule has 24 heavy (non-hydrogen) atoms. The van der Waals surface area contributed by atoms with Gasteiger partial charge in [0, 0.05) is 0 Å². The lowest BCUT2D eigenvalue weighted by atomic mass is 10.1. The van der Waals surface area contributed by atoms with E-state index in [0.29, 0.717) is 17.4 Å². The predicted molar refractivity (Wildman–Crippen MR) is 93.6 cm³/mol. The van der Waals surface area contributed by atoms with Gasteiger partial charge in [-0.05, 0) is 32.1 Å². The van der Waals surface area contributed by atoms with E-state index >= 15 is 0 Å². The van der Waals surface area contributed by atoms with Crippen molar-refractivity contribution in [2.24, 2.45) is 0 Å².